The van der Waals surface area contributed by atoms with Crippen LogP contribution in [0.3, 0.4) is 0 Å². The highest BCUT2D eigenvalue weighted by atomic mass is 32.2. The summed E-state index contributed by atoms with van der Waals surface area (Å²) in [5, 5.41) is 8.04. The van der Waals surface area contributed by atoms with Crippen molar-refractivity contribution in [3.8, 4) is 11.5 Å². The van der Waals surface area contributed by atoms with E-state index in [1.54, 1.807) is 86.6 Å². The molecule has 0 fully saturated rings. The summed E-state index contributed by atoms with van der Waals surface area (Å²) in [5.41, 5.74) is 6.91. The maximum atomic E-state index is 14.1. The molecule has 0 aliphatic carbocycles. The van der Waals surface area contributed by atoms with Gasteiger partial charge in [-0.05, 0) is 151 Å². The fraction of sp³-hybridized carbons (Fsp3) is 0.630. The molecule has 1 aliphatic heterocycles. The number of hydrogen-bond donors (Lipinski definition) is 5. The van der Waals surface area contributed by atoms with Crippen LogP contribution in [0.4, 0.5) is 4.79 Å². The number of fused-ring (bicyclic) bond motifs is 1. The monoisotopic (exact) mass is 916 g/mol. The van der Waals surface area contributed by atoms with Gasteiger partial charge in [0, 0.05) is 24.9 Å². The Balaban J connectivity index is 1.84. The van der Waals surface area contributed by atoms with E-state index < -0.39 is 80.5 Å². The zero-order valence-electron chi connectivity index (χ0n) is 40.6. The molecule has 0 saturated carbocycles. The molecule has 0 aromatic heterocycles. The molecule has 3 amide bonds. The van der Waals surface area contributed by atoms with Crippen LogP contribution in [0.5, 0.6) is 11.5 Å². The number of hydrogen-bond acceptors (Lipinski definition) is 12. The van der Waals surface area contributed by atoms with Crippen molar-refractivity contribution in [1.82, 2.24) is 20.7 Å². The number of guanidine groups is 1. The number of aliphatic imine (C=N–C) groups is 1. The smallest absolute Gasteiger partial charge is 0.408 e. The SMILES string of the molecule is COC(=O)[C@@H](Cc1ccc(OC(C)(C)C)cc1)NC(=O)[C@H](NC(=O)[C@@H](CCCN=C(N)NS(=O)(=O)c1c(C)c(C)c2c(c1C)CC(C)(C)O2)NC(=O)OC(C)(C)C)[C@H](C)OC(C)(C)C. The second-order valence-electron chi connectivity index (χ2n) is 19.8. The minimum atomic E-state index is -4.17. The number of ether oxygens (including phenoxy) is 5. The molecule has 0 bridgehead atoms. The van der Waals surface area contributed by atoms with Gasteiger partial charge in [0.05, 0.1) is 23.7 Å². The first kappa shape index (κ1) is 53.2. The van der Waals surface area contributed by atoms with Crippen molar-refractivity contribution in [2.24, 2.45) is 10.7 Å². The number of sulfonamides is 1. The Labute approximate surface area is 379 Å². The van der Waals surface area contributed by atoms with Gasteiger partial charge in [-0.3, -0.25) is 14.6 Å². The zero-order valence-corrected chi connectivity index (χ0v) is 41.4. The van der Waals surface area contributed by atoms with Gasteiger partial charge in [0.2, 0.25) is 17.8 Å². The standard InChI is InChI=1S/C46H72N6O11S/c1-26-27(2)37(28(3)32-25-46(14,15)62-36(26)32)64(57,58)52-41(47)48-23-17-18-33(50-42(56)63-45(11,12)13)38(53)51-35(29(4)60-43(5,6)7)39(54)49-34(40(55)59-16)24-30-19-21-31(22-20-30)61-44(8,9)10/h19-22,29,33-35H,17-18,23-25H2,1-16H3,(H,49,54)(H,50,56)(H,51,53)(H3,47,48,52)/t29-,33+,34+,35+/m0/s1. The minimum absolute atomic E-state index is 0.0326. The fourth-order valence-corrected chi connectivity index (χ4v) is 8.76. The van der Waals surface area contributed by atoms with E-state index in [9.17, 15) is 27.6 Å². The molecule has 2 aromatic rings. The van der Waals surface area contributed by atoms with Crippen LogP contribution < -0.4 is 35.9 Å². The van der Waals surface area contributed by atoms with Crippen LogP contribution in [0, 0.1) is 20.8 Å². The molecule has 0 unspecified atom stereocenters. The quantitative estimate of drug-likeness (QED) is 0.0584. The largest absolute Gasteiger partial charge is 0.488 e. The number of carbonyl (C=O) groups is 4. The van der Waals surface area contributed by atoms with Crippen molar-refractivity contribution < 1.29 is 51.3 Å². The molecule has 2 aromatic carbocycles. The van der Waals surface area contributed by atoms with Crippen LogP contribution in [-0.2, 0) is 51.5 Å². The van der Waals surface area contributed by atoms with E-state index >= 15 is 0 Å². The van der Waals surface area contributed by atoms with E-state index in [0.717, 1.165) is 11.1 Å². The molecule has 18 heteroatoms. The van der Waals surface area contributed by atoms with Crippen molar-refractivity contribution in [3.63, 3.8) is 0 Å². The Kier molecular flexibility index (Phi) is 17.3. The van der Waals surface area contributed by atoms with Crippen molar-refractivity contribution >= 4 is 39.9 Å². The van der Waals surface area contributed by atoms with Gasteiger partial charge in [0.1, 0.15) is 46.4 Å². The highest BCUT2D eigenvalue weighted by Crippen LogP contribution is 2.43. The highest BCUT2D eigenvalue weighted by Gasteiger charge is 2.38. The van der Waals surface area contributed by atoms with Crippen molar-refractivity contribution in [2.75, 3.05) is 13.7 Å². The molecular weight excluding hydrogens is 845 g/mol. The van der Waals surface area contributed by atoms with E-state index in [2.05, 4.69) is 25.7 Å². The van der Waals surface area contributed by atoms with E-state index in [0.29, 0.717) is 34.6 Å². The number of nitrogens with two attached hydrogens (primary N) is 1. The van der Waals surface area contributed by atoms with E-state index in [-0.39, 0.29) is 36.7 Å². The Morgan fingerprint density at radius 1 is 0.844 bits per heavy atom. The first-order valence-electron chi connectivity index (χ1n) is 21.5. The second-order valence-corrected chi connectivity index (χ2v) is 21.5. The second kappa shape index (κ2) is 20.8. The van der Waals surface area contributed by atoms with Gasteiger partial charge in [-0.1, -0.05) is 12.1 Å². The molecule has 0 spiro atoms. The summed E-state index contributed by atoms with van der Waals surface area (Å²) in [6, 6.07) is 3.31. The Morgan fingerprint density at radius 2 is 1.45 bits per heavy atom. The normalized spacial score (nSPS) is 16.0. The number of benzene rings is 2. The molecule has 358 valence electrons. The predicted octanol–water partition coefficient (Wildman–Crippen LogP) is 5.36. The predicted molar refractivity (Wildman–Crippen MR) is 245 cm³/mol. The molecule has 1 aliphatic rings. The number of nitrogens with one attached hydrogen (secondary N) is 4. The summed E-state index contributed by atoms with van der Waals surface area (Å²) < 4.78 is 58.5. The van der Waals surface area contributed by atoms with E-state index in [4.69, 9.17) is 29.4 Å². The Morgan fingerprint density at radius 3 is 2.00 bits per heavy atom. The van der Waals surface area contributed by atoms with Gasteiger partial charge in [-0.15, -0.1) is 0 Å². The van der Waals surface area contributed by atoms with E-state index in [1.807, 2.05) is 41.5 Å². The zero-order chi connectivity index (χ0) is 48.7. The summed E-state index contributed by atoms with van der Waals surface area (Å²) >= 11 is 0. The van der Waals surface area contributed by atoms with Gasteiger partial charge in [0.15, 0.2) is 0 Å². The molecule has 3 rings (SSSR count). The summed E-state index contributed by atoms with van der Waals surface area (Å²) in [5.74, 6) is -1.26. The van der Waals surface area contributed by atoms with Crippen LogP contribution in [0.25, 0.3) is 0 Å². The summed E-state index contributed by atoms with van der Waals surface area (Å²) in [4.78, 5) is 58.7. The van der Waals surface area contributed by atoms with Crippen LogP contribution in [-0.4, -0.2) is 98.5 Å². The van der Waals surface area contributed by atoms with Crippen LogP contribution in [0.1, 0.15) is 124 Å². The van der Waals surface area contributed by atoms with Gasteiger partial charge >= 0.3 is 12.1 Å². The average Bonchev–Trinajstić information content (AvgIpc) is 3.47. The van der Waals surface area contributed by atoms with Crippen molar-refractivity contribution in [2.45, 2.75) is 181 Å². The average molecular weight is 917 g/mol. The number of alkyl carbamates (subject to hydrolysis) is 1. The highest BCUT2D eigenvalue weighted by molar-refractivity contribution is 7.90. The topological polar surface area (TPSA) is 235 Å². The summed E-state index contributed by atoms with van der Waals surface area (Å²) in [6.45, 7) is 26.9. The van der Waals surface area contributed by atoms with Crippen LogP contribution in [0.15, 0.2) is 34.2 Å². The summed E-state index contributed by atoms with van der Waals surface area (Å²) in [6.07, 6.45) is -1.12. The van der Waals surface area contributed by atoms with Gasteiger partial charge < -0.3 is 45.4 Å². The van der Waals surface area contributed by atoms with E-state index in [1.165, 1.54) is 7.11 Å². The number of rotatable bonds is 17. The lowest BCUT2D eigenvalue weighted by Crippen LogP contribution is -2.60. The van der Waals surface area contributed by atoms with Crippen LogP contribution in [0.2, 0.25) is 0 Å². The lowest BCUT2D eigenvalue weighted by molar-refractivity contribution is -0.147. The maximum Gasteiger partial charge on any atom is 0.408 e. The van der Waals surface area contributed by atoms with Gasteiger partial charge in [-0.2, -0.15) is 0 Å². The molecule has 6 N–H and O–H groups in total. The number of esters is 1. The number of methoxy groups -OCH3 is 1. The Bertz CT molecular complexity index is 2150. The number of amides is 3. The van der Waals surface area contributed by atoms with Crippen molar-refractivity contribution in [3.05, 3.63) is 52.1 Å². The first-order valence-corrected chi connectivity index (χ1v) is 23.0. The Hall–Kier alpha value is -5.10. The van der Waals surface area contributed by atoms with Crippen LogP contribution >= 0.6 is 0 Å². The first-order chi connectivity index (χ1) is 29.2. The molecule has 0 radical (unpaired) electrons. The lowest BCUT2D eigenvalue weighted by Gasteiger charge is -2.32. The number of carbonyl (C=O) groups excluding carboxylic acids is 4. The molecule has 1 heterocycles. The third-order valence-electron chi connectivity index (χ3n) is 9.92. The third-order valence-corrected chi connectivity index (χ3v) is 11.5. The van der Waals surface area contributed by atoms with Gasteiger partial charge in [-0.25, -0.2) is 22.7 Å². The third kappa shape index (κ3) is 15.9. The number of nitrogens with zero attached hydrogens (tertiary/aromatic N) is 1. The molecule has 64 heavy (non-hydrogen) atoms. The lowest BCUT2D eigenvalue weighted by atomic mass is 9.94. The molecule has 4 atom stereocenters. The fourth-order valence-electron chi connectivity index (χ4n) is 7.24. The van der Waals surface area contributed by atoms with Crippen molar-refractivity contribution in [1.29, 1.82) is 0 Å². The molecule has 17 nitrogen and oxygen atoms in total. The summed E-state index contributed by atoms with van der Waals surface area (Å²) in [7, 11) is -2.96. The van der Waals surface area contributed by atoms with Gasteiger partial charge in [0.25, 0.3) is 10.0 Å². The molecule has 0 saturated heterocycles. The maximum absolute atomic E-state index is 14.1. The molecular formula is C46H72N6O11S. The minimum Gasteiger partial charge on any atom is -0.488 e.